The summed E-state index contributed by atoms with van der Waals surface area (Å²) < 4.78 is 0. The van der Waals surface area contributed by atoms with E-state index < -0.39 is 0 Å². The number of benzene rings is 1. The highest BCUT2D eigenvalue weighted by Crippen LogP contribution is 2.17. The summed E-state index contributed by atoms with van der Waals surface area (Å²) in [6.45, 7) is 5.43. The number of aromatic nitrogens is 1. The van der Waals surface area contributed by atoms with Crippen LogP contribution < -0.4 is 4.90 Å². The molecule has 0 radical (unpaired) electrons. The van der Waals surface area contributed by atoms with E-state index in [1.54, 1.807) is 0 Å². The first-order valence-corrected chi connectivity index (χ1v) is 8.82. The number of rotatable bonds is 6. The molecule has 0 amide bonds. The Morgan fingerprint density at radius 1 is 1.00 bits per heavy atom. The van der Waals surface area contributed by atoms with E-state index in [0.717, 1.165) is 30.5 Å². The molecular weight excluding hydrogens is 306 g/mol. The van der Waals surface area contributed by atoms with Crippen LogP contribution in [0.1, 0.15) is 24.8 Å². The highest BCUT2D eigenvalue weighted by atomic mass is 35.5. The Hall–Kier alpha value is -1.58. The minimum Gasteiger partial charge on any atom is -0.351 e. The highest BCUT2D eigenvalue weighted by molar-refractivity contribution is 6.30. The lowest BCUT2D eigenvalue weighted by Crippen LogP contribution is -2.38. The summed E-state index contributed by atoms with van der Waals surface area (Å²) in [7, 11) is 0. The van der Waals surface area contributed by atoms with E-state index >= 15 is 0 Å². The zero-order valence-corrected chi connectivity index (χ0v) is 14.3. The van der Waals surface area contributed by atoms with Gasteiger partial charge >= 0.3 is 0 Å². The van der Waals surface area contributed by atoms with Crippen molar-refractivity contribution in [3.05, 3.63) is 59.2 Å². The molecule has 0 aliphatic carbocycles. The van der Waals surface area contributed by atoms with E-state index in [4.69, 9.17) is 11.6 Å². The van der Waals surface area contributed by atoms with Gasteiger partial charge in [0.25, 0.3) is 0 Å². The van der Waals surface area contributed by atoms with Gasteiger partial charge in [-0.1, -0.05) is 36.2 Å². The third-order valence-corrected chi connectivity index (χ3v) is 4.65. The fourth-order valence-corrected chi connectivity index (χ4v) is 3.20. The van der Waals surface area contributed by atoms with Crippen molar-refractivity contribution in [2.24, 2.45) is 0 Å². The SMILES string of the molecule is Clc1ccc(CN(CCN2CCCCC2)c2ccccn2)cc1. The maximum absolute atomic E-state index is 6.00. The molecular formula is C19H24ClN3. The smallest absolute Gasteiger partial charge is 0.128 e. The van der Waals surface area contributed by atoms with E-state index in [2.05, 4.69) is 39.0 Å². The number of likely N-dealkylation sites (tertiary alicyclic amines) is 1. The van der Waals surface area contributed by atoms with Crippen molar-refractivity contribution in [3.63, 3.8) is 0 Å². The van der Waals surface area contributed by atoms with Crippen LogP contribution in [0.25, 0.3) is 0 Å². The van der Waals surface area contributed by atoms with Crippen molar-refractivity contribution in [1.29, 1.82) is 0 Å². The fourth-order valence-electron chi connectivity index (χ4n) is 3.07. The molecule has 23 heavy (non-hydrogen) atoms. The highest BCUT2D eigenvalue weighted by Gasteiger charge is 2.13. The Kier molecular flexibility index (Phi) is 5.89. The molecule has 1 fully saturated rings. The van der Waals surface area contributed by atoms with Gasteiger partial charge in [-0.3, -0.25) is 0 Å². The van der Waals surface area contributed by atoms with Crippen LogP contribution in [-0.2, 0) is 6.54 Å². The molecule has 3 rings (SSSR count). The molecule has 1 aliphatic heterocycles. The molecule has 0 bridgehead atoms. The van der Waals surface area contributed by atoms with Crippen LogP contribution in [0, 0.1) is 0 Å². The number of anilines is 1. The average molecular weight is 330 g/mol. The Morgan fingerprint density at radius 2 is 1.78 bits per heavy atom. The van der Waals surface area contributed by atoms with E-state index in [1.807, 2.05) is 24.4 Å². The zero-order valence-electron chi connectivity index (χ0n) is 13.5. The van der Waals surface area contributed by atoms with Crippen LogP contribution in [0.15, 0.2) is 48.7 Å². The van der Waals surface area contributed by atoms with Gasteiger partial charge in [-0.25, -0.2) is 4.98 Å². The zero-order chi connectivity index (χ0) is 15.9. The third kappa shape index (κ3) is 4.95. The lowest BCUT2D eigenvalue weighted by Gasteiger charge is -2.30. The van der Waals surface area contributed by atoms with Crippen LogP contribution in [-0.4, -0.2) is 36.1 Å². The quantitative estimate of drug-likeness (QED) is 0.790. The molecule has 2 heterocycles. The van der Waals surface area contributed by atoms with Crippen molar-refractivity contribution < 1.29 is 0 Å². The molecule has 0 saturated carbocycles. The number of hydrogen-bond acceptors (Lipinski definition) is 3. The third-order valence-electron chi connectivity index (χ3n) is 4.39. The van der Waals surface area contributed by atoms with E-state index in [0.29, 0.717) is 0 Å². The predicted octanol–water partition coefficient (Wildman–Crippen LogP) is 4.23. The summed E-state index contributed by atoms with van der Waals surface area (Å²) in [5.74, 6) is 1.04. The van der Waals surface area contributed by atoms with Crippen LogP contribution in [0.5, 0.6) is 0 Å². The van der Waals surface area contributed by atoms with Crippen LogP contribution >= 0.6 is 11.6 Å². The Bertz CT molecular complexity index is 579. The summed E-state index contributed by atoms with van der Waals surface area (Å²) in [6, 6.07) is 14.2. The Labute approximate surface area is 143 Å². The van der Waals surface area contributed by atoms with Gasteiger partial charge in [-0.15, -0.1) is 0 Å². The number of halogens is 1. The molecule has 1 aliphatic rings. The number of pyridine rings is 1. The molecule has 0 atom stereocenters. The number of piperidine rings is 1. The van der Waals surface area contributed by atoms with Crippen molar-refractivity contribution in [2.45, 2.75) is 25.8 Å². The van der Waals surface area contributed by atoms with Crippen LogP contribution in [0.4, 0.5) is 5.82 Å². The fraction of sp³-hybridized carbons (Fsp3) is 0.421. The largest absolute Gasteiger partial charge is 0.351 e. The minimum atomic E-state index is 0.784. The molecule has 4 heteroatoms. The van der Waals surface area contributed by atoms with Gasteiger partial charge in [-0.05, 0) is 55.8 Å². The van der Waals surface area contributed by atoms with E-state index in [9.17, 15) is 0 Å². The molecule has 2 aromatic rings. The number of nitrogens with zero attached hydrogens (tertiary/aromatic N) is 3. The molecule has 3 nitrogen and oxygen atoms in total. The molecule has 1 aromatic heterocycles. The summed E-state index contributed by atoms with van der Waals surface area (Å²) in [4.78, 5) is 9.47. The lowest BCUT2D eigenvalue weighted by atomic mass is 10.1. The van der Waals surface area contributed by atoms with E-state index in [-0.39, 0.29) is 0 Å². The average Bonchev–Trinajstić information content (AvgIpc) is 2.62. The molecule has 1 aromatic carbocycles. The van der Waals surface area contributed by atoms with Gasteiger partial charge in [0, 0.05) is 30.9 Å². The molecule has 122 valence electrons. The van der Waals surface area contributed by atoms with E-state index in [1.165, 1.54) is 37.9 Å². The lowest BCUT2D eigenvalue weighted by molar-refractivity contribution is 0.233. The summed E-state index contributed by atoms with van der Waals surface area (Å²) in [5, 5.41) is 0.784. The normalized spacial score (nSPS) is 15.5. The Morgan fingerprint density at radius 3 is 2.48 bits per heavy atom. The minimum absolute atomic E-state index is 0.784. The predicted molar refractivity (Wildman–Crippen MR) is 97.0 cm³/mol. The molecule has 0 N–H and O–H groups in total. The Balaban J connectivity index is 1.67. The van der Waals surface area contributed by atoms with Gasteiger partial charge in [0.05, 0.1) is 0 Å². The van der Waals surface area contributed by atoms with Gasteiger partial charge in [0.2, 0.25) is 0 Å². The van der Waals surface area contributed by atoms with Gasteiger partial charge in [0.15, 0.2) is 0 Å². The van der Waals surface area contributed by atoms with Crippen molar-refractivity contribution >= 4 is 17.4 Å². The molecule has 0 spiro atoms. The summed E-state index contributed by atoms with van der Waals surface area (Å²) in [6.07, 6.45) is 5.91. The number of hydrogen-bond donors (Lipinski definition) is 0. The van der Waals surface area contributed by atoms with Crippen molar-refractivity contribution in [3.8, 4) is 0 Å². The second kappa shape index (κ2) is 8.32. The maximum atomic E-state index is 6.00. The van der Waals surface area contributed by atoms with Gasteiger partial charge < -0.3 is 9.80 Å². The van der Waals surface area contributed by atoms with Gasteiger partial charge in [0.1, 0.15) is 5.82 Å². The molecule has 0 unspecified atom stereocenters. The monoisotopic (exact) mass is 329 g/mol. The first-order chi connectivity index (χ1) is 11.3. The second-order valence-corrected chi connectivity index (χ2v) is 6.57. The summed E-state index contributed by atoms with van der Waals surface area (Å²) in [5.41, 5.74) is 1.26. The first-order valence-electron chi connectivity index (χ1n) is 8.44. The second-order valence-electron chi connectivity index (χ2n) is 6.14. The van der Waals surface area contributed by atoms with Gasteiger partial charge in [-0.2, -0.15) is 0 Å². The van der Waals surface area contributed by atoms with Crippen molar-refractivity contribution in [1.82, 2.24) is 9.88 Å². The van der Waals surface area contributed by atoms with Crippen molar-refractivity contribution in [2.75, 3.05) is 31.1 Å². The van der Waals surface area contributed by atoms with Crippen LogP contribution in [0.3, 0.4) is 0 Å². The topological polar surface area (TPSA) is 19.4 Å². The van der Waals surface area contributed by atoms with Crippen LogP contribution in [0.2, 0.25) is 5.02 Å². The summed E-state index contributed by atoms with van der Waals surface area (Å²) >= 11 is 6.00. The molecule has 1 saturated heterocycles. The first kappa shape index (κ1) is 16.3. The maximum Gasteiger partial charge on any atom is 0.128 e. The standard InChI is InChI=1S/C19H24ClN3/c20-18-9-7-17(8-10-18)16-23(19-6-2-3-11-21-19)15-14-22-12-4-1-5-13-22/h2-3,6-11H,1,4-5,12-16H2.